The lowest BCUT2D eigenvalue weighted by Crippen LogP contribution is -2.29. The molecule has 0 heterocycles. The van der Waals surface area contributed by atoms with Gasteiger partial charge >= 0.3 is 19.8 Å². The molecule has 0 radical (unpaired) electrons. The van der Waals surface area contributed by atoms with E-state index >= 15 is 0 Å². The van der Waals surface area contributed by atoms with E-state index in [4.69, 9.17) is 24.3 Å². The fourth-order valence-electron chi connectivity index (χ4n) is 9.27. The standard InChI is InChI=1S/C81H130NO8P/c1-3-5-7-9-11-13-15-17-19-21-23-25-27-29-31-33-34-35-36-37-38-39-40-41-42-43-44-46-47-49-51-53-55-57-59-61-63-65-67-69-71-73-80(83)87-77-79(78-89-91(85,86)88-76-75-82)90-81(84)74-72-70-68-66-64-62-60-58-56-54-52-50-48-45-32-30-28-26-24-22-20-18-16-14-12-10-8-6-4-2/h5-8,11-14,17-20,23-26,29-32,34-35,37-38,48,50,54,56,60,62,66,68,79H,3-4,9-10,15-16,21-22,27-28,33,36,39-47,49,51-53,55,57-59,61,63-65,67,69-78,82H2,1-2H3,(H,85,86)/b7-5-,8-6-,13-11-,14-12-,19-17-,20-18-,25-23-,26-24-,31-29-,32-30-,35-34-,38-37-,50-48-,56-54-,62-60-,68-66-. The van der Waals surface area contributed by atoms with Crippen LogP contribution < -0.4 is 5.73 Å². The van der Waals surface area contributed by atoms with Crippen LogP contribution in [0.1, 0.15) is 271 Å². The van der Waals surface area contributed by atoms with E-state index in [1.807, 2.05) is 6.08 Å². The summed E-state index contributed by atoms with van der Waals surface area (Å²) in [7, 11) is -4.42. The predicted octanol–water partition coefficient (Wildman–Crippen LogP) is 24.1. The zero-order valence-electron chi connectivity index (χ0n) is 57.5. The molecule has 91 heavy (non-hydrogen) atoms. The van der Waals surface area contributed by atoms with Crippen LogP contribution in [0.3, 0.4) is 0 Å². The first-order valence-corrected chi connectivity index (χ1v) is 37.4. The number of carbonyl (C=O) groups is 2. The topological polar surface area (TPSA) is 134 Å². The van der Waals surface area contributed by atoms with Crippen molar-refractivity contribution < 1.29 is 37.6 Å². The van der Waals surface area contributed by atoms with Gasteiger partial charge in [-0.05, 0) is 135 Å². The molecule has 10 heteroatoms. The molecule has 0 saturated heterocycles. The number of nitrogens with two attached hydrogens (primary N) is 1. The molecule has 0 amide bonds. The average Bonchev–Trinajstić information content (AvgIpc) is 3.68. The maximum Gasteiger partial charge on any atom is 0.472 e. The largest absolute Gasteiger partial charge is 0.472 e. The fraction of sp³-hybridized carbons (Fsp3) is 0.580. The number of phosphoric acid groups is 1. The number of ether oxygens (including phenoxy) is 2. The predicted molar refractivity (Wildman–Crippen MR) is 394 cm³/mol. The number of carbonyl (C=O) groups excluding carboxylic acids is 2. The van der Waals surface area contributed by atoms with E-state index in [0.717, 1.165) is 122 Å². The molecule has 9 nitrogen and oxygen atoms in total. The molecular formula is C81H130NO8P. The third kappa shape index (κ3) is 73.8. The maximum atomic E-state index is 12.7. The molecule has 3 N–H and O–H groups in total. The number of allylic oxidation sites excluding steroid dienone is 32. The van der Waals surface area contributed by atoms with Crippen LogP contribution in [0.15, 0.2) is 194 Å². The van der Waals surface area contributed by atoms with Gasteiger partial charge in [0, 0.05) is 19.4 Å². The minimum Gasteiger partial charge on any atom is -0.462 e. The van der Waals surface area contributed by atoms with E-state index in [9.17, 15) is 19.0 Å². The molecular weight excluding hydrogens is 1150 g/mol. The highest BCUT2D eigenvalue weighted by Gasteiger charge is 2.26. The highest BCUT2D eigenvalue weighted by molar-refractivity contribution is 7.47. The summed E-state index contributed by atoms with van der Waals surface area (Å²) in [5, 5.41) is 0. The summed E-state index contributed by atoms with van der Waals surface area (Å²) in [6, 6.07) is 0. The van der Waals surface area contributed by atoms with Crippen LogP contribution in [0.5, 0.6) is 0 Å². The zero-order valence-corrected chi connectivity index (χ0v) is 58.4. The molecule has 2 atom stereocenters. The van der Waals surface area contributed by atoms with Gasteiger partial charge in [-0.2, -0.15) is 0 Å². The van der Waals surface area contributed by atoms with Crippen LogP contribution in [0.4, 0.5) is 0 Å². The summed E-state index contributed by atoms with van der Waals surface area (Å²) in [5.41, 5.74) is 5.40. The Bertz CT molecular complexity index is 2200. The van der Waals surface area contributed by atoms with Gasteiger partial charge in [0.05, 0.1) is 13.2 Å². The van der Waals surface area contributed by atoms with E-state index in [0.29, 0.717) is 12.8 Å². The molecule has 0 aliphatic heterocycles. The van der Waals surface area contributed by atoms with Crippen LogP contribution in [-0.4, -0.2) is 49.3 Å². The average molecular weight is 1280 g/mol. The van der Waals surface area contributed by atoms with Gasteiger partial charge in [0.1, 0.15) is 6.61 Å². The highest BCUT2D eigenvalue weighted by Crippen LogP contribution is 2.43. The van der Waals surface area contributed by atoms with Gasteiger partial charge in [0.15, 0.2) is 6.10 Å². The molecule has 0 aliphatic rings. The molecule has 0 saturated carbocycles. The van der Waals surface area contributed by atoms with E-state index in [1.165, 1.54) is 109 Å². The first-order valence-electron chi connectivity index (χ1n) is 35.9. The van der Waals surface area contributed by atoms with Gasteiger partial charge < -0.3 is 20.1 Å². The van der Waals surface area contributed by atoms with Crippen molar-refractivity contribution >= 4 is 19.8 Å². The number of hydrogen-bond acceptors (Lipinski definition) is 8. The summed E-state index contributed by atoms with van der Waals surface area (Å²) < 4.78 is 33.1. The van der Waals surface area contributed by atoms with Crippen molar-refractivity contribution in [2.45, 2.75) is 277 Å². The van der Waals surface area contributed by atoms with Crippen LogP contribution in [0.25, 0.3) is 0 Å². The Morgan fingerprint density at radius 3 is 0.879 bits per heavy atom. The number of esters is 2. The van der Waals surface area contributed by atoms with Crippen molar-refractivity contribution in [2.24, 2.45) is 5.73 Å². The number of rotatable bonds is 65. The molecule has 0 aromatic heterocycles. The lowest BCUT2D eigenvalue weighted by atomic mass is 10.0. The first kappa shape index (κ1) is 85.8. The molecule has 0 spiro atoms. The van der Waals surface area contributed by atoms with Crippen molar-refractivity contribution in [3.8, 4) is 0 Å². The summed E-state index contributed by atoms with van der Waals surface area (Å²) in [4.78, 5) is 35.3. The minimum atomic E-state index is -4.42. The SMILES string of the molecule is CC/C=C\C/C=C\C/C=C\C/C=C\C/C=C\C/C=C\C/C=C\C/C=C\C/C=C\CCCC(=O)OC(COC(=O)CCCCCCCCCCCCCCCCCCCCC/C=C\C/C=C\C/C=C\C/C=C\C/C=C\C/C=C\C/C=C\CC)COP(=O)(O)OCCN. The van der Waals surface area contributed by atoms with Crippen LogP contribution >= 0.6 is 7.82 Å². The lowest BCUT2D eigenvalue weighted by molar-refractivity contribution is -0.161. The van der Waals surface area contributed by atoms with E-state index in [1.54, 1.807) is 0 Å². The molecule has 2 unspecified atom stereocenters. The Hall–Kier alpha value is -5.15. The second-order valence-electron chi connectivity index (χ2n) is 23.0. The van der Waals surface area contributed by atoms with E-state index < -0.39 is 32.5 Å². The molecule has 0 aromatic rings. The zero-order chi connectivity index (χ0) is 65.8. The molecule has 0 bridgehead atoms. The number of hydrogen-bond donors (Lipinski definition) is 2. The second-order valence-corrected chi connectivity index (χ2v) is 24.4. The molecule has 0 rings (SSSR count). The van der Waals surface area contributed by atoms with Gasteiger partial charge in [-0.25, -0.2) is 4.57 Å². The second kappa shape index (κ2) is 73.9. The van der Waals surface area contributed by atoms with Crippen LogP contribution in [-0.2, 0) is 32.7 Å². The van der Waals surface area contributed by atoms with Crippen molar-refractivity contribution in [1.29, 1.82) is 0 Å². The van der Waals surface area contributed by atoms with Crippen molar-refractivity contribution in [3.63, 3.8) is 0 Å². The Morgan fingerprint density at radius 1 is 0.330 bits per heavy atom. The Kier molecular flexibility index (Phi) is 69.7. The quantitative estimate of drug-likeness (QED) is 0.0264. The third-order valence-electron chi connectivity index (χ3n) is 14.5. The van der Waals surface area contributed by atoms with Crippen molar-refractivity contribution in [3.05, 3.63) is 194 Å². The summed E-state index contributed by atoms with van der Waals surface area (Å²) in [6.45, 7) is 3.44. The van der Waals surface area contributed by atoms with Gasteiger partial charge in [0.2, 0.25) is 0 Å². The van der Waals surface area contributed by atoms with Crippen molar-refractivity contribution in [1.82, 2.24) is 0 Å². The maximum absolute atomic E-state index is 12.7. The lowest BCUT2D eigenvalue weighted by Gasteiger charge is -2.19. The summed E-state index contributed by atoms with van der Waals surface area (Å²) >= 11 is 0. The van der Waals surface area contributed by atoms with Crippen molar-refractivity contribution in [2.75, 3.05) is 26.4 Å². The Balaban J connectivity index is 3.96. The normalized spacial score (nSPS) is 14.1. The van der Waals surface area contributed by atoms with E-state index in [-0.39, 0.29) is 32.6 Å². The van der Waals surface area contributed by atoms with E-state index in [2.05, 4.69) is 202 Å². The van der Waals surface area contributed by atoms with Gasteiger partial charge in [-0.15, -0.1) is 0 Å². The monoisotopic (exact) mass is 1280 g/mol. The summed E-state index contributed by atoms with van der Waals surface area (Å²) in [6.07, 6.45) is 113. The fourth-order valence-corrected chi connectivity index (χ4v) is 10.0. The van der Waals surface area contributed by atoms with Crippen LogP contribution in [0.2, 0.25) is 0 Å². The highest BCUT2D eigenvalue weighted by atomic mass is 31.2. The van der Waals surface area contributed by atoms with Crippen LogP contribution in [0, 0.1) is 0 Å². The Labute approximate surface area is 557 Å². The molecule has 0 aliphatic carbocycles. The Morgan fingerprint density at radius 2 is 0.582 bits per heavy atom. The van der Waals surface area contributed by atoms with Gasteiger partial charge in [0.25, 0.3) is 0 Å². The minimum absolute atomic E-state index is 0.0355. The van der Waals surface area contributed by atoms with Gasteiger partial charge in [-0.3, -0.25) is 18.6 Å². The molecule has 0 aromatic carbocycles. The molecule has 512 valence electrons. The number of unbranched alkanes of at least 4 members (excludes halogenated alkanes) is 20. The molecule has 0 fully saturated rings. The first-order chi connectivity index (χ1) is 44.8. The third-order valence-corrected chi connectivity index (χ3v) is 15.5. The number of phosphoric ester groups is 1. The van der Waals surface area contributed by atoms with Gasteiger partial charge in [-0.1, -0.05) is 317 Å². The smallest absolute Gasteiger partial charge is 0.462 e. The summed E-state index contributed by atoms with van der Waals surface area (Å²) in [5.74, 6) is -0.904.